The van der Waals surface area contributed by atoms with E-state index in [9.17, 15) is 4.79 Å². The first-order valence-electron chi connectivity index (χ1n) is 5.72. The Kier molecular flexibility index (Phi) is 3.05. The van der Waals surface area contributed by atoms with Crippen molar-refractivity contribution in [2.75, 3.05) is 13.1 Å². The molecule has 2 aliphatic rings. The standard InChI is InChI=1S/C12H16N2O/c13-9-11(8-10-4-5-10)12(15)14-6-2-1-3-7-14/h8,10H,1-7H2/b11-8-. The number of rotatable bonds is 2. The number of allylic oxidation sites excluding steroid dienone is 1. The van der Waals surface area contributed by atoms with Gasteiger partial charge in [0.05, 0.1) is 0 Å². The Labute approximate surface area is 90.4 Å². The number of amides is 1. The molecular formula is C12H16N2O. The molecule has 0 aromatic heterocycles. The van der Waals surface area contributed by atoms with Gasteiger partial charge in [0.15, 0.2) is 0 Å². The van der Waals surface area contributed by atoms with Gasteiger partial charge >= 0.3 is 0 Å². The Bertz CT molecular complexity index is 317. The highest BCUT2D eigenvalue weighted by Crippen LogP contribution is 2.31. The van der Waals surface area contributed by atoms with Crippen LogP contribution in [0, 0.1) is 17.2 Å². The first-order chi connectivity index (χ1) is 7.31. The quantitative estimate of drug-likeness (QED) is 0.509. The van der Waals surface area contributed by atoms with Crippen molar-refractivity contribution in [3.8, 4) is 6.07 Å². The van der Waals surface area contributed by atoms with Crippen molar-refractivity contribution in [2.45, 2.75) is 32.1 Å². The fourth-order valence-corrected chi connectivity index (χ4v) is 1.92. The van der Waals surface area contributed by atoms with E-state index in [1.807, 2.05) is 17.0 Å². The van der Waals surface area contributed by atoms with Crippen molar-refractivity contribution in [3.63, 3.8) is 0 Å². The van der Waals surface area contributed by atoms with E-state index in [0.29, 0.717) is 11.5 Å². The molecule has 0 N–H and O–H groups in total. The van der Waals surface area contributed by atoms with Gasteiger partial charge in [-0.05, 0) is 38.0 Å². The van der Waals surface area contributed by atoms with Gasteiger partial charge in [-0.25, -0.2) is 0 Å². The molecule has 1 aliphatic carbocycles. The van der Waals surface area contributed by atoms with Crippen LogP contribution in [0.25, 0.3) is 0 Å². The molecule has 0 atom stereocenters. The van der Waals surface area contributed by atoms with Crippen LogP contribution in [0.4, 0.5) is 0 Å². The summed E-state index contributed by atoms with van der Waals surface area (Å²) in [5, 5.41) is 8.94. The van der Waals surface area contributed by atoms with Crippen LogP contribution in [0.5, 0.6) is 0 Å². The molecule has 0 aromatic rings. The van der Waals surface area contributed by atoms with Crippen LogP contribution in [-0.4, -0.2) is 23.9 Å². The van der Waals surface area contributed by atoms with E-state index < -0.39 is 0 Å². The van der Waals surface area contributed by atoms with Gasteiger partial charge in [-0.15, -0.1) is 0 Å². The van der Waals surface area contributed by atoms with E-state index in [4.69, 9.17) is 5.26 Å². The predicted molar refractivity (Wildman–Crippen MR) is 56.9 cm³/mol. The number of hydrogen-bond acceptors (Lipinski definition) is 2. The summed E-state index contributed by atoms with van der Waals surface area (Å²) >= 11 is 0. The van der Waals surface area contributed by atoms with Crippen molar-refractivity contribution in [1.82, 2.24) is 4.90 Å². The highest BCUT2D eigenvalue weighted by atomic mass is 16.2. The Morgan fingerprint density at radius 2 is 1.93 bits per heavy atom. The summed E-state index contributed by atoms with van der Waals surface area (Å²) in [6.45, 7) is 1.64. The average molecular weight is 204 g/mol. The van der Waals surface area contributed by atoms with Crippen molar-refractivity contribution in [2.24, 2.45) is 5.92 Å². The van der Waals surface area contributed by atoms with E-state index in [1.54, 1.807) is 0 Å². The number of piperidine rings is 1. The van der Waals surface area contributed by atoms with Crippen LogP contribution in [0.2, 0.25) is 0 Å². The third-order valence-corrected chi connectivity index (χ3v) is 3.02. The first kappa shape index (κ1) is 10.2. The Morgan fingerprint density at radius 1 is 1.27 bits per heavy atom. The second-order valence-corrected chi connectivity index (χ2v) is 4.38. The van der Waals surface area contributed by atoms with E-state index in [0.717, 1.165) is 38.8 Å². The third kappa shape index (κ3) is 2.59. The fraction of sp³-hybridized carbons (Fsp3) is 0.667. The van der Waals surface area contributed by atoms with Crippen LogP contribution in [0.3, 0.4) is 0 Å². The zero-order chi connectivity index (χ0) is 10.7. The minimum Gasteiger partial charge on any atom is -0.338 e. The molecule has 0 radical (unpaired) electrons. The van der Waals surface area contributed by atoms with E-state index in [2.05, 4.69) is 0 Å². The molecule has 3 nitrogen and oxygen atoms in total. The highest BCUT2D eigenvalue weighted by Gasteiger charge is 2.24. The molecule has 2 rings (SSSR count). The lowest BCUT2D eigenvalue weighted by Crippen LogP contribution is -2.36. The summed E-state index contributed by atoms with van der Waals surface area (Å²) in [6, 6.07) is 2.04. The van der Waals surface area contributed by atoms with Gasteiger partial charge in [-0.3, -0.25) is 4.79 Å². The van der Waals surface area contributed by atoms with Gasteiger partial charge in [0.1, 0.15) is 11.6 Å². The number of hydrogen-bond donors (Lipinski definition) is 0. The maximum Gasteiger partial charge on any atom is 0.264 e. The van der Waals surface area contributed by atoms with Crippen molar-refractivity contribution in [1.29, 1.82) is 5.26 Å². The molecule has 1 heterocycles. The summed E-state index contributed by atoms with van der Waals surface area (Å²) in [5.74, 6) is 0.442. The largest absolute Gasteiger partial charge is 0.338 e. The van der Waals surface area contributed by atoms with Crippen LogP contribution in [-0.2, 0) is 4.79 Å². The molecule has 1 saturated carbocycles. The summed E-state index contributed by atoms with van der Waals surface area (Å²) in [7, 11) is 0. The lowest BCUT2D eigenvalue weighted by Gasteiger charge is -2.26. The van der Waals surface area contributed by atoms with Crippen LogP contribution in [0.15, 0.2) is 11.6 Å². The average Bonchev–Trinajstić information content (AvgIpc) is 3.10. The molecule has 1 saturated heterocycles. The number of likely N-dealkylation sites (tertiary alicyclic amines) is 1. The van der Waals surface area contributed by atoms with Gasteiger partial charge in [-0.2, -0.15) is 5.26 Å². The van der Waals surface area contributed by atoms with Crippen LogP contribution in [0.1, 0.15) is 32.1 Å². The zero-order valence-electron chi connectivity index (χ0n) is 8.91. The lowest BCUT2D eigenvalue weighted by atomic mass is 10.1. The summed E-state index contributed by atoms with van der Waals surface area (Å²) in [6.07, 6.45) is 7.49. The molecule has 3 heteroatoms. The van der Waals surface area contributed by atoms with E-state index >= 15 is 0 Å². The Balaban J connectivity index is 2.00. The number of nitriles is 1. The molecule has 15 heavy (non-hydrogen) atoms. The topological polar surface area (TPSA) is 44.1 Å². The molecule has 1 aliphatic heterocycles. The number of carbonyl (C=O) groups is 1. The molecule has 0 spiro atoms. The Morgan fingerprint density at radius 3 is 2.47 bits per heavy atom. The van der Waals surface area contributed by atoms with Crippen LogP contribution >= 0.6 is 0 Å². The van der Waals surface area contributed by atoms with Crippen LogP contribution < -0.4 is 0 Å². The minimum atomic E-state index is -0.0518. The van der Waals surface area contributed by atoms with E-state index in [-0.39, 0.29) is 5.91 Å². The first-order valence-corrected chi connectivity index (χ1v) is 5.72. The molecule has 80 valence electrons. The maximum atomic E-state index is 11.9. The molecule has 0 aromatic carbocycles. The van der Waals surface area contributed by atoms with Crippen molar-refractivity contribution in [3.05, 3.63) is 11.6 Å². The third-order valence-electron chi connectivity index (χ3n) is 3.02. The minimum absolute atomic E-state index is 0.0518. The van der Waals surface area contributed by atoms with Gasteiger partial charge < -0.3 is 4.90 Å². The molecule has 1 amide bonds. The molecule has 0 bridgehead atoms. The van der Waals surface area contributed by atoms with Gasteiger partial charge in [0.25, 0.3) is 5.91 Å². The normalized spacial score (nSPS) is 22.3. The monoisotopic (exact) mass is 204 g/mol. The second-order valence-electron chi connectivity index (χ2n) is 4.38. The summed E-state index contributed by atoms with van der Waals surface area (Å²) in [4.78, 5) is 13.7. The number of nitrogens with zero attached hydrogens (tertiary/aromatic N) is 2. The summed E-state index contributed by atoms with van der Waals surface area (Å²) < 4.78 is 0. The lowest BCUT2D eigenvalue weighted by molar-refractivity contribution is -0.127. The van der Waals surface area contributed by atoms with E-state index in [1.165, 1.54) is 6.42 Å². The maximum absolute atomic E-state index is 11.9. The van der Waals surface area contributed by atoms with Gasteiger partial charge in [-0.1, -0.05) is 6.08 Å². The molecule has 0 unspecified atom stereocenters. The van der Waals surface area contributed by atoms with Crippen molar-refractivity contribution >= 4 is 5.91 Å². The summed E-state index contributed by atoms with van der Waals surface area (Å²) in [5.41, 5.74) is 0.361. The SMILES string of the molecule is N#C/C(=C/C1CC1)C(=O)N1CCCCC1. The molecule has 2 fully saturated rings. The highest BCUT2D eigenvalue weighted by molar-refractivity contribution is 5.97. The molecular weight excluding hydrogens is 188 g/mol. The fourth-order valence-electron chi connectivity index (χ4n) is 1.92. The Hall–Kier alpha value is -1.30. The van der Waals surface area contributed by atoms with Gasteiger partial charge in [0, 0.05) is 13.1 Å². The van der Waals surface area contributed by atoms with Gasteiger partial charge in [0.2, 0.25) is 0 Å². The van der Waals surface area contributed by atoms with Crippen molar-refractivity contribution < 1.29 is 4.79 Å². The zero-order valence-corrected chi connectivity index (χ0v) is 8.91. The predicted octanol–water partition coefficient (Wildman–Crippen LogP) is 1.86. The second kappa shape index (κ2) is 4.48. The smallest absolute Gasteiger partial charge is 0.264 e. The number of carbonyl (C=O) groups excluding carboxylic acids is 1.